The first-order chi connectivity index (χ1) is 29.9. The van der Waals surface area contributed by atoms with Crippen molar-refractivity contribution >= 4 is 20.0 Å². The van der Waals surface area contributed by atoms with Crippen molar-refractivity contribution < 1.29 is 64.2 Å². The Morgan fingerprint density at radius 1 is 0.468 bits per heavy atom. The van der Waals surface area contributed by atoms with Gasteiger partial charge in [-0.15, -0.1) is 0 Å². The average Bonchev–Trinajstić information content (AvgIpc) is 3.27. The van der Waals surface area contributed by atoms with Gasteiger partial charge in [-0.2, -0.15) is 8.61 Å². The van der Waals surface area contributed by atoms with Crippen molar-refractivity contribution in [3.05, 3.63) is 82.9 Å². The van der Waals surface area contributed by atoms with E-state index in [0.717, 1.165) is 22.3 Å². The SMILES string of the molecule is COc1cc2c(cc1OC)C(C)N(S(=O)(=O)c1ccc3c(c1)OCCOCCOc1cc(S(=O)(=O)N4CCc5cc(OC)c(OC)cc5C4C)ccc1OCCOCCO3)CC2. The Morgan fingerprint density at radius 2 is 0.806 bits per heavy atom. The number of fused-ring (bicyclic) bond motifs is 4. The zero-order chi connectivity index (χ0) is 44.0. The van der Waals surface area contributed by atoms with Gasteiger partial charge in [-0.25, -0.2) is 16.8 Å². The summed E-state index contributed by atoms with van der Waals surface area (Å²) >= 11 is 0. The van der Waals surface area contributed by atoms with Crippen LogP contribution in [-0.4, -0.2) is 120 Å². The van der Waals surface area contributed by atoms with Crippen LogP contribution in [0.5, 0.6) is 46.0 Å². The van der Waals surface area contributed by atoms with Crippen LogP contribution in [0.15, 0.2) is 70.5 Å². The van der Waals surface area contributed by atoms with E-state index < -0.39 is 32.1 Å². The molecule has 336 valence electrons. The van der Waals surface area contributed by atoms with Crippen molar-refractivity contribution in [2.75, 3.05) is 94.4 Å². The molecule has 0 radical (unpaired) electrons. The van der Waals surface area contributed by atoms with E-state index >= 15 is 0 Å². The molecule has 0 aromatic heterocycles. The first kappa shape index (κ1) is 45.1. The summed E-state index contributed by atoms with van der Waals surface area (Å²) in [6, 6.07) is 15.7. The second kappa shape index (κ2) is 19.6. The third kappa shape index (κ3) is 9.35. The van der Waals surface area contributed by atoms with Crippen LogP contribution < -0.4 is 37.9 Å². The fraction of sp³-hybridized carbons (Fsp3) is 0.455. The topological polar surface area (TPSA) is 167 Å². The Bertz CT molecular complexity index is 2280. The number of nitrogens with zero attached hydrogens (tertiary/aromatic N) is 2. The first-order valence-corrected chi connectivity index (χ1v) is 23.3. The molecule has 16 nitrogen and oxygen atoms in total. The predicted molar refractivity (Wildman–Crippen MR) is 228 cm³/mol. The number of sulfonamides is 2. The number of rotatable bonds is 8. The van der Waals surface area contributed by atoms with Crippen LogP contribution in [0.25, 0.3) is 0 Å². The van der Waals surface area contributed by atoms with Crippen LogP contribution >= 0.6 is 0 Å². The number of hydrogen-bond donors (Lipinski definition) is 0. The highest BCUT2D eigenvalue weighted by Crippen LogP contribution is 2.43. The third-order valence-corrected chi connectivity index (χ3v) is 15.2. The number of methoxy groups -OCH3 is 4. The number of hydrogen-bond acceptors (Lipinski definition) is 14. The van der Waals surface area contributed by atoms with E-state index in [1.807, 2.05) is 38.1 Å². The van der Waals surface area contributed by atoms with Crippen LogP contribution in [0, 0.1) is 0 Å². The molecule has 0 aliphatic carbocycles. The second-order valence-corrected chi connectivity index (χ2v) is 18.5. The Hall–Kier alpha value is -4.98. The highest BCUT2D eigenvalue weighted by Gasteiger charge is 2.37. The molecule has 0 saturated carbocycles. The van der Waals surface area contributed by atoms with E-state index in [1.54, 1.807) is 40.6 Å². The number of ether oxygens (including phenoxy) is 10. The molecule has 62 heavy (non-hydrogen) atoms. The molecule has 0 amide bonds. The summed E-state index contributed by atoms with van der Waals surface area (Å²) in [7, 11) is -1.71. The molecular formula is C44H54N2O14S2. The van der Waals surface area contributed by atoms with Crippen molar-refractivity contribution in [2.24, 2.45) is 0 Å². The van der Waals surface area contributed by atoms with E-state index in [-0.39, 0.29) is 87.2 Å². The predicted octanol–water partition coefficient (Wildman–Crippen LogP) is 5.60. The maximum Gasteiger partial charge on any atom is 0.243 e. The van der Waals surface area contributed by atoms with E-state index in [9.17, 15) is 16.8 Å². The zero-order valence-corrected chi connectivity index (χ0v) is 37.5. The van der Waals surface area contributed by atoms with Crippen LogP contribution in [0.4, 0.5) is 0 Å². The Morgan fingerprint density at radius 3 is 1.16 bits per heavy atom. The summed E-state index contributed by atoms with van der Waals surface area (Å²) in [4.78, 5) is 0.113. The Kier molecular flexibility index (Phi) is 14.2. The molecule has 18 heteroatoms. The lowest BCUT2D eigenvalue weighted by Gasteiger charge is -2.34. The molecule has 2 atom stereocenters. The van der Waals surface area contributed by atoms with Crippen LogP contribution in [0.3, 0.4) is 0 Å². The lowest BCUT2D eigenvalue weighted by Crippen LogP contribution is -2.38. The summed E-state index contributed by atoms with van der Waals surface area (Å²) in [6.07, 6.45) is 1.00. The maximum atomic E-state index is 14.2. The maximum absolute atomic E-state index is 14.2. The van der Waals surface area contributed by atoms with Gasteiger partial charge in [-0.3, -0.25) is 0 Å². The monoisotopic (exact) mass is 898 g/mol. The van der Waals surface area contributed by atoms with Gasteiger partial charge in [0, 0.05) is 37.3 Å². The minimum absolute atomic E-state index is 0.0565. The van der Waals surface area contributed by atoms with Gasteiger partial charge >= 0.3 is 0 Å². The summed E-state index contributed by atoms with van der Waals surface area (Å²) in [5.74, 6) is 3.42. The number of benzene rings is 4. The summed E-state index contributed by atoms with van der Waals surface area (Å²) < 4.78 is 117. The van der Waals surface area contributed by atoms with E-state index in [4.69, 9.17) is 47.4 Å². The molecule has 0 spiro atoms. The normalized spacial score (nSPS) is 19.5. The molecule has 3 aliphatic rings. The molecule has 3 aliphatic heterocycles. The van der Waals surface area contributed by atoms with E-state index in [2.05, 4.69) is 0 Å². The smallest absolute Gasteiger partial charge is 0.243 e. The lowest BCUT2D eigenvalue weighted by atomic mass is 9.94. The highest BCUT2D eigenvalue weighted by atomic mass is 32.2. The molecule has 2 unspecified atom stereocenters. The molecule has 4 aromatic rings. The first-order valence-electron chi connectivity index (χ1n) is 20.4. The standard InChI is InChI=1S/C44H54N2O14S2/c1-29-35-27-41(53-5)39(51-3)23-31(35)11-13-45(29)61(47,48)33-7-9-37-43(25-33)59-21-17-56-18-22-60-44-26-34(8-10-38(44)58-20-16-55-15-19-57-37)62(49,50)46-14-12-32-24-40(52-4)42(54-6)28-36(32)30(46)2/h7-10,23-30H,11-22H2,1-6H3. The van der Waals surface area contributed by atoms with Gasteiger partial charge in [0.1, 0.15) is 26.4 Å². The third-order valence-electron chi connectivity index (χ3n) is 11.2. The molecule has 4 aromatic carbocycles. The van der Waals surface area contributed by atoms with Gasteiger partial charge in [0.2, 0.25) is 20.0 Å². The minimum Gasteiger partial charge on any atom is -0.493 e. The fourth-order valence-electron chi connectivity index (χ4n) is 7.98. The summed E-state index contributed by atoms with van der Waals surface area (Å²) in [6.45, 7) is 5.35. The molecule has 0 fully saturated rings. The fourth-order valence-corrected chi connectivity index (χ4v) is 11.2. The van der Waals surface area contributed by atoms with Gasteiger partial charge in [-0.1, -0.05) is 0 Å². The van der Waals surface area contributed by atoms with Gasteiger partial charge in [0.05, 0.1) is 64.7 Å². The zero-order valence-electron chi connectivity index (χ0n) is 35.8. The largest absolute Gasteiger partial charge is 0.493 e. The molecule has 0 saturated heterocycles. The Balaban J connectivity index is 1.02. The Labute approximate surface area is 363 Å². The molecule has 0 bridgehead atoms. The van der Waals surface area contributed by atoms with Crippen molar-refractivity contribution in [1.82, 2.24) is 8.61 Å². The van der Waals surface area contributed by atoms with E-state index in [0.29, 0.717) is 47.3 Å². The summed E-state index contributed by atoms with van der Waals surface area (Å²) in [5, 5.41) is 0. The van der Waals surface area contributed by atoms with Gasteiger partial charge in [-0.05, 0) is 97.5 Å². The van der Waals surface area contributed by atoms with Crippen LogP contribution in [0.1, 0.15) is 48.2 Å². The average molecular weight is 899 g/mol. The minimum atomic E-state index is -3.97. The van der Waals surface area contributed by atoms with Gasteiger partial charge in [0.15, 0.2) is 46.0 Å². The second-order valence-electron chi connectivity index (χ2n) is 14.7. The van der Waals surface area contributed by atoms with Gasteiger partial charge in [0.25, 0.3) is 0 Å². The van der Waals surface area contributed by atoms with E-state index in [1.165, 1.54) is 32.9 Å². The van der Waals surface area contributed by atoms with Gasteiger partial charge < -0.3 is 47.4 Å². The lowest BCUT2D eigenvalue weighted by molar-refractivity contribution is 0.0639. The summed E-state index contributed by atoms with van der Waals surface area (Å²) in [5.41, 5.74) is 3.69. The quantitative estimate of drug-likeness (QED) is 0.215. The van der Waals surface area contributed by atoms with Crippen LogP contribution in [-0.2, 0) is 42.4 Å². The van der Waals surface area contributed by atoms with Crippen LogP contribution in [0.2, 0.25) is 0 Å². The molecule has 3 heterocycles. The van der Waals surface area contributed by atoms with Crippen molar-refractivity contribution in [1.29, 1.82) is 0 Å². The van der Waals surface area contributed by atoms with Crippen molar-refractivity contribution in [3.8, 4) is 46.0 Å². The molecular weight excluding hydrogens is 845 g/mol. The highest BCUT2D eigenvalue weighted by molar-refractivity contribution is 7.89. The van der Waals surface area contributed by atoms with Crippen molar-refractivity contribution in [2.45, 2.75) is 48.6 Å². The molecule has 0 N–H and O–H groups in total. The molecule has 7 rings (SSSR count). The van der Waals surface area contributed by atoms with Crippen molar-refractivity contribution in [3.63, 3.8) is 0 Å².